The fourth-order valence-corrected chi connectivity index (χ4v) is 13.2. The molecule has 0 aliphatic carbocycles. The molecule has 5 aromatic heterocycles. The first kappa shape index (κ1) is 96.6. The van der Waals surface area contributed by atoms with Crippen molar-refractivity contribution in [3.63, 3.8) is 0 Å². The maximum absolute atomic E-state index is 13.3. The van der Waals surface area contributed by atoms with E-state index in [4.69, 9.17) is 48.1 Å². The van der Waals surface area contributed by atoms with Crippen LogP contribution >= 0.6 is 56.7 Å². The van der Waals surface area contributed by atoms with Gasteiger partial charge in [-0.25, -0.2) is 24.9 Å². The van der Waals surface area contributed by atoms with Crippen molar-refractivity contribution in [3.8, 4) is 17.6 Å². The predicted molar refractivity (Wildman–Crippen MR) is 429 cm³/mol. The minimum absolute atomic E-state index is 0.0115. The molecule has 16 N–H and O–H groups in total. The number of anilines is 6. The lowest BCUT2D eigenvalue weighted by atomic mass is 10.1. The van der Waals surface area contributed by atoms with Crippen molar-refractivity contribution < 1.29 is 95.8 Å². The summed E-state index contributed by atoms with van der Waals surface area (Å²) in [5, 5.41) is 37.4. The number of nitrogens with one attached hydrogen (secondary N) is 6. The number of carbonyl (C=O) groups is 5. The standard InChI is InChI=1S/C16H19F3N4O2S.C16H18F3N3O2S.C15H16F3N3O2S.C14H11F3N4OS.C13H14N4O3S/c1-9(20)15-22-8-13(26-15)14(24)23-10-3-4-12(21-5-6-25-2)11(7-10)16(17,18)19;1-3-6-24-12-5-4-10(16(17,18)19)7-11(12)22-14(23)13-8-21-15(25-13)9(2)20;1-3-23-11-5-4-9(15(16,17)18)6-10(11)21-13(22)12-7-20-14(24-12)8(2)19;1-7(19)13-20-6-11(23-13)12(22)21-9-3-2-8(5-18)10(4-9)14(15,16)17;1-7-5-9(17(19)20)3-4-10(7)16-12(18)11-6-15-13(21-11)8(2)14/h3-4,7-9,21H,5-6,20H2,1-2H3,(H,23,24);4-5,7-9H,3,6,20H2,1-2H3,(H,22,23);4-8H,3,19H2,1-2H3,(H,21,22);2-4,6-7H,19H2,1H3,(H,21,22);3-6,8H,14H2,1-2H3,(H,16,18). The molecule has 0 radical (unpaired) electrons. The number of hydrogen-bond acceptors (Lipinski definition) is 27. The first-order chi connectivity index (χ1) is 55.8. The molecule has 0 spiro atoms. The quantitative estimate of drug-likeness (QED) is 0.0110. The van der Waals surface area contributed by atoms with E-state index in [2.05, 4.69) is 56.8 Å². The Bertz CT molecular complexity index is 5170. The number of benzene rings is 5. The van der Waals surface area contributed by atoms with Gasteiger partial charge in [-0.05, 0) is 139 Å². The highest BCUT2D eigenvalue weighted by atomic mass is 32.1. The first-order valence-corrected chi connectivity index (χ1v) is 39.0. The van der Waals surface area contributed by atoms with Crippen molar-refractivity contribution in [2.24, 2.45) is 28.7 Å². The van der Waals surface area contributed by atoms with Crippen molar-refractivity contribution in [2.75, 3.05) is 65.4 Å². The number of amides is 5. The molecule has 5 aromatic carbocycles. The third kappa shape index (κ3) is 29.1. The zero-order chi connectivity index (χ0) is 88.6. The Morgan fingerprint density at radius 2 is 0.824 bits per heavy atom. The molecule has 5 unspecified atom stereocenters. The van der Waals surface area contributed by atoms with Gasteiger partial charge in [0.05, 0.1) is 131 Å². The fourth-order valence-electron chi connectivity index (χ4n) is 9.33. The van der Waals surface area contributed by atoms with Gasteiger partial charge < -0.3 is 74.8 Å². The maximum Gasteiger partial charge on any atom is 0.418 e. The molecule has 0 fully saturated rings. The van der Waals surface area contributed by atoms with Gasteiger partial charge in [-0.15, -0.1) is 56.7 Å². The van der Waals surface area contributed by atoms with E-state index in [-0.39, 0.29) is 121 Å². The van der Waals surface area contributed by atoms with E-state index in [9.17, 15) is 86.8 Å². The molecule has 5 amide bonds. The van der Waals surface area contributed by atoms with Crippen LogP contribution in [0.25, 0.3) is 0 Å². The fraction of sp³-hybridized carbons (Fsp3) is 0.311. The Balaban J connectivity index is 0.000000231. The topological polar surface area (TPSA) is 447 Å². The highest BCUT2D eigenvalue weighted by Crippen LogP contribution is 2.41. The van der Waals surface area contributed by atoms with E-state index in [1.54, 1.807) is 48.5 Å². The molecule has 0 aliphatic rings. The third-order valence-electron chi connectivity index (χ3n) is 15.1. The number of non-ortho nitro benzene ring substituents is 1. The molecule has 28 nitrogen and oxygen atoms in total. The van der Waals surface area contributed by atoms with Crippen LogP contribution in [0, 0.1) is 28.4 Å². The third-order valence-corrected chi connectivity index (χ3v) is 21.1. The monoisotopic (exact) mass is 1770 g/mol. The van der Waals surface area contributed by atoms with Gasteiger partial charge in [0.25, 0.3) is 35.2 Å². The Morgan fingerprint density at radius 3 is 1.14 bits per heavy atom. The number of rotatable bonds is 25. The number of nitriles is 1. The summed E-state index contributed by atoms with van der Waals surface area (Å²) in [5.74, 6) is -2.23. The number of nitro groups is 1. The normalized spacial score (nSPS) is 12.5. The Labute approximate surface area is 691 Å². The molecule has 45 heteroatoms. The van der Waals surface area contributed by atoms with E-state index in [0.717, 1.165) is 87.8 Å². The van der Waals surface area contributed by atoms with E-state index < -0.39 is 81.1 Å². The molecule has 119 heavy (non-hydrogen) atoms. The van der Waals surface area contributed by atoms with Crippen LogP contribution < -0.4 is 70.0 Å². The van der Waals surface area contributed by atoms with Crippen LogP contribution in [-0.2, 0) is 29.4 Å². The molecule has 5 heterocycles. The van der Waals surface area contributed by atoms with E-state index in [1.807, 2.05) is 6.92 Å². The lowest BCUT2D eigenvalue weighted by Gasteiger charge is -2.16. The van der Waals surface area contributed by atoms with E-state index in [1.165, 1.54) is 104 Å². The highest BCUT2D eigenvalue weighted by Gasteiger charge is 2.37. The van der Waals surface area contributed by atoms with Crippen LogP contribution in [-0.4, -0.2) is 92.9 Å². The lowest BCUT2D eigenvalue weighted by Crippen LogP contribution is -2.16. The van der Waals surface area contributed by atoms with Crippen LogP contribution in [0.5, 0.6) is 11.5 Å². The van der Waals surface area contributed by atoms with E-state index >= 15 is 0 Å². The zero-order valence-electron chi connectivity index (χ0n) is 64.1. The van der Waals surface area contributed by atoms with Gasteiger partial charge in [-0.1, -0.05) is 6.92 Å². The van der Waals surface area contributed by atoms with Gasteiger partial charge in [-0.3, -0.25) is 34.1 Å². The summed E-state index contributed by atoms with van der Waals surface area (Å²) in [5.41, 5.74) is 25.1. The summed E-state index contributed by atoms with van der Waals surface area (Å²) in [4.78, 5) is 92.7. The van der Waals surface area contributed by atoms with Gasteiger partial charge in [-0.2, -0.15) is 57.9 Å². The number of ether oxygens (including phenoxy) is 3. The second-order valence-electron chi connectivity index (χ2n) is 25.0. The molecule has 638 valence electrons. The number of hydrogen-bond donors (Lipinski definition) is 11. The largest absolute Gasteiger partial charge is 0.492 e. The molecule has 10 aromatic rings. The smallest absolute Gasteiger partial charge is 0.418 e. The summed E-state index contributed by atoms with van der Waals surface area (Å²) < 4.78 is 171. The molecular formula is C74H78F12N18O10S5. The van der Waals surface area contributed by atoms with Crippen LogP contribution in [0.2, 0.25) is 0 Å². The van der Waals surface area contributed by atoms with Crippen molar-refractivity contribution >= 4 is 126 Å². The van der Waals surface area contributed by atoms with Crippen LogP contribution in [0.1, 0.15) is 192 Å². The number of thiazole rings is 5. The zero-order valence-corrected chi connectivity index (χ0v) is 68.2. The molecule has 0 saturated carbocycles. The lowest BCUT2D eigenvalue weighted by molar-refractivity contribution is -0.384. The van der Waals surface area contributed by atoms with Crippen LogP contribution in [0.3, 0.4) is 0 Å². The minimum Gasteiger partial charge on any atom is -0.492 e. The summed E-state index contributed by atoms with van der Waals surface area (Å²) in [6, 6.07) is 16.6. The summed E-state index contributed by atoms with van der Waals surface area (Å²) >= 11 is 5.56. The van der Waals surface area contributed by atoms with Gasteiger partial charge >= 0.3 is 24.7 Å². The summed E-state index contributed by atoms with van der Waals surface area (Å²) in [6.45, 7) is 15.0. The number of alkyl halides is 12. The molecule has 0 bridgehead atoms. The van der Waals surface area contributed by atoms with Gasteiger partial charge in [0.15, 0.2) is 0 Å². The molecule has 5 atom stereocenters. The van der Waals surface area contributed by atoms with Crippen molar-refractivity contribution in [1.29, 1.82) is 5.26 Å². The predicted octanol–water partition coefficient (Wildman–Crippen LogP) is 17.5. The Hall–Kier alpha value is -11.2. The van der Waals surface area contributed by atoms with Gasteiger partial charge in [0.1, 0.15) is 60.9 Å². The Kier molecular flexibility index (Phi) is 35.3. The Morgan fingerprint density at radius 1 is 0.471 bits per heavy atom. The van der Waals surface area contributed by atoms with Crippen LogP contribution in [0.15, 0.2) is 122 Å². The highest BCUT2D eigenvalue weighted by molar-refractivity contribution is 7.15. The number of halogens is 12. The van der Waals surface area contributed by atoms with Gasteiger partial charge in [0, 0.05) is 48.5 Å². The SMILES string of the molecule is CC(N)c1ncc(C(=O)Nc2ccc(C#N)c(C(F)(F)F)c2)s1.CCCOc1ccc(C(F)(F)F)cc1NC(=O)c1cnc(C(C)N)s1.CCOc1ccc(C(F)(F)F)cc1NC(=O)c1cnc(C(C)N)s1.COCCNc1ccc(NC(=O)c2cnc(C(C)N)s2)cc1C(F)(F)F.Cc1cc([N+](=O)[O-])ccc1NC(=O)c1cnc(C(C)N)s1. The average molecular weight is 1770 g/mol. The molecule has 10 rings (SSSR count). The summed E-state index contributed by atoms with van der Waals surface area (Å²) in [7, 11) is 1.46. The van der Waals surface area contributed by atoms with Crippen molar-refractivity contribution in [1.82, 2.24) is 24.9 Å². The first-order valence-electron chi connectivity index (χ1n) is 34.9. The average Bonchev–Trinajstić information content (AvgIpc) is 1.14. The molecular weight excluding hydrogens is 1690 g/mol. The summed E-state index contributed by atoms with van der Waals surface area (Å²) in [6.07, 6.45) is -10.8. The van der Waals surface area contributed by atoms with Crippen LogP contribution in [0.4, 0.5) is 92.5 Å². The number of carbonyl (C=O) groups excluding carboxylic acids is 5. The molecule has 0 aliphatic heterocycles. The number of methoxy groups -OCH3 is 1. The van der Waals surface area contributed by atoms with Crippen molar-refractivity contribution in [2.45, 2.75) is 117 Å². The second kappa shape index (κ2) is 43.5. The maximum atomic E-state index is 13.3. The number of aryl methyl sites for hydroxylation is 1. The van der Waals surface area contributed by atoms with Gasteiger partial charge in [0.2, 0.25) is 0 Å². The number of nitro benzene ring substituents is 1. The van der Waals surface area contributed by atoms with E-state index in [0.29, 0.717) is 54.2 Å². The second-order valence-corrected chi connectivity index (χ2v) is 30.3. The number of aromatic nitrogens is 5. The van der Waals surface area contributed by atoms with Crippen molar-refractivity contribution in [3.05, 3.63) is 215 Å². The minimum atomic E-state index is -4.68. The number of nitrogens with zero attached hydrogens (tertiary/aromatic N) is 7. The molecule has 0 saturated heterocycles. The number of nitrogens with two attached hydrogens (primary N) is 5.